The van der Waals surface area contributed by atoms with E-state index in [-0.39, 0.29) is 6.10 Å². The van der Waals surface area contributed by atoms with Crippen molar-refractivity contribution in [3.63, 3.8) is 0 Å². The third-order valence-electron chi connectivity index (χ3n) is 4.33. The van der Waals surface area contributed by atoms with E-state index in [0.717, 1.165) is 42.4 Å². The van der Waals surface area contributed by atoms with E-state index in [4.69, 9.17) is 21.4 Å². The minimum absolute atomic E-state index is 0.0346. The lowest BCUT2D eigenvalue weighted by molar-refractivity contribution is -0.289. The second-order valence-electron chi connectivity index (χ2n) is 5.78. The van der Waals surface area contributed by atoms with E-state index < -0.39 is 0 Å². The summed E-state index contributed by atoms with van der Waals surface area (Å²) in [6, 6.07) is 7.95. The molecule has 0 spiro atoms. The van der Waals surface area contributed by atoms with Gasteiger partial charge in [0.05, 0.1) is 0 Å². The highest BCUT2D eigenvalue weighted by Gasteiger charge is 2.25. The molecule has 1 aliphatic carbocycles. The van der Waals surface area contributed by atoms with E-state index in [1.165, 1.54) is 11.1 Å². The summed E-state index contributed by atoms with van der Waals surface area (Å²) in [5.41, 5.74) is 3.46. The molecule has 3 rings (SSSR count). The Balaban J connectivity index is 1.79. The summed E-state index contributed by atoms with van der Waals surface area (Å²) >= 11 is 6.32. The number of likely N-dealkylation sites (N-methyl/N-ethyl adjacent to an activating group) is 1. The molecule has 1 heterocycles. The van der Waals surface area contributed by atoms with Crippen molar-refractivity contribution in [3.05, 3.63) is 64.4 Å². The summed E-state index contributed by atoms with van der Waals surface area (Å²) in [5.74, 6) is 0.802. The van der Waals surface area contributed by atoms with Gasteiger partial charge in [-0.2, -0.15) is 4.89 Å². The Labute approximate surface area is 142 Å². The van der Waals surface area contributed by atoms with Crippen LogP contribution in [-0.4, -0.2) is 30.6 Å². The molecular weight excluding hydrogens is 310 g/mol. The van der Waals surface area contributed by atoms with Gasteiger partial charge in [0.2, 0.25) is 0 Å². The van der Waals surface area contributed by atoms with Crippen LogP contribution in [0, 0.1) is 0 Å². The highest BCUT2D eigenvalue weighted by atomic mass is 35.5. The fourth-order valence-corrected chi connectivity index (χ4v) is 3.21. The Hall–Kier alpha value is -1.55. The van der Waals surface area contributed by atoms with Gasteiger partial charge in [-0.25, -0.2) is 0 Å². The molecule has 2 aliphatic rings. The fourth-order valence-electron chi connectivity index (χ4n) is 2.95. The van der Waals surface area contributed by atoms with Gasteiger partial charge in [0.25, 0.3) is 0 Å². The molecule has 0 fully saturated rings. The van der Waals surface area contributed by atoms with Crippen LogP contribution in [0.1, 0.15) is 25.8 Å². The number of hydrogen-bond donors (Lipinski definition) is 0. The first-order valence-corrected chi connectivity index (χ1v) is 8.51. The highest BCUT2D eigenvalue weighted by molar-refractivity contribution is 6.32. The third-order valence-corrected chi connectivity index (χ3v) is 4.66. The fraction of sp³-hybridized carbons (Fsp3) is 0.368. The Morgan fingerprint density at radius 3 is 2.65 bits per heavy atom. The maximum absolute atomic E-state index is 6.32. The molecule has 0 bridgehead atoms. The van der Waals surface area contributed by atoms with Crippen LogP contribution in [0.15, 0.2) is 53.8 Å². The summed E-state index contributed by atoms with van der Waals surface area (Å²) in [4.78, 5) is 13.3. The van der Waals surface area contributed by atoms with E-state index in [9.17, 15) is 0 Å². The first-order valence-electron chi connectivity index (χ1n) is 8.13. The van der Waals surface area contributed by atoms with Crippen LogP contribution in [0.25, 0.3) is 5.57 Å². The molecule has 0 amide bonds. The standard InChI is InChI=1S/C19H22ClNO2/c1-3-21(4-2)13-16-12-15-11-14(9-10-19(15)23-22-16)17-7-5-6-8-18(17)20/h5-10,12,16H,3-4,11,13H2,1-2H3. The van der Waals surface area contributed by atoms with Crippen LogP contribution in [0.3, 0.4) is 0 Å². The van der Waals surface area contributed by atoms with Crippen molar-refractivity contribution in [1.29, 1.82) is 0 Å². The average molecular weight is 332 g/mol. The molecule has 0 saturated heterocycles. The molecule has 122 valence electrons. The molecule has 23 heavy (non-hydrogen) atoms. The second kappa shape index (κ2) is 7.35. The monoisotopic (exact) mass is 331 g/mol. The Morgan fingerprint density at radius 2 is 1.91 bits per heavy atom. The van der Waals surface area contributed by atoms with Gasteiger partial charge in [-0.3, -0.25) is 0 Å². The molecule has 0 radical (unpaired) electrons. The maximum atomic E-state index is 6.32. The van der Waals surface area contributed by atoms with Gasteiger partial charge in [-0.15, -0.1) is 0 Å². The first-order chi connectivity index (χ1) is 11.2. The quantitative estimate of drug-likeness (QED) is 0.735. The number of benzene rings is 1. The van der Waals surface area contributed by atoms with Crippen molar-refractivity contribution in [2.45, 2.75) is 26.4 Å². The van der Waals surface area contributed by atoms with Crippen molar-refractivity contribution < 1.29 is 9.78 Å². The van der Waals surface area contributed by atoms with Crippen LogP contribution in [0.4, 0.5) is 0 Å². The van der Waals surface area contributed by atoms with Gasteiger partial charge in [-0.1, -0.05) is 49.7 Å². The molecule has 0 N–H and O–H groups in total. The topological polar surface area (TPSA) is 21.7 Å². The van der Waals surface area contributed by atoms with E-state index in [1.54, 1.807) is 0 Å². The molecule has 0 saturated carbocycles. The van der Waals surface area contributed by atoms with E-state index in [2.05, 4.69) is 37.0 Å². The van der Waals surface area contributed by atoms with E-state index in [0.29, 0.717) is 0 Å². The van der Waals surface area contributed by atoms with Gasteiger partial charge >= 0.3 is 0 Å². The van der Waals surface area contributed by atoms with Gasteiger partial charge in [0, 0.05) is 23.6 Å². The number of rotatable bonds is 5. The number of nitrogens with zero attached hydrogens (tertiary/aromatic N) is 1. The minimum atomic E-state index is -0.0346. The molecule has 0 aromatic heterocycles. The number of allylic oxidation sites excluding steroid dienone is 4. The van der Waals surface area contributed by atoms with E-state index >= 15 is 0 Å². The Morgan fingerprint density at radius 1 is 1.13 bits per heavy atom. The lowest BCUT2D eigenvalue weighted by atomic mass is 9.91. The zero-order valence-corrected chi connectivity index (χ0v) is 14.3. The van der Waals surface area contributed by atoms with Crippen molar-refractivity contribution in [3.8, 4) is 0 Å². The van der Waals surface area contributed by atoms with Crippen LogP contribution >= 0.6 is 11.6 Å². The lowest BCUT2D eigenvalue weighted by Gasteiger charge is -2.29. The average Bonchev–Trinajstić information content (AvgIpc) is 2.59. The minimum Gasteiger partial charge on any atom is -0.337 e. The lowest BCUT2D eigenvalue weighted by Crippen LogP contribution is -2.34. The SMILES string of the molecule is CCN(CC)CC1C=C2CC(c3ccccc3Cl)=CC=C2OO1. The molecule has 4 heteroatoms. The Bertz CT molecular complexity index is 659. The molecule has 1 aromatic rings. The van der Waals surface area contributed by atoms with Gasteiger partial charge in [-0.05, 0) is 42.4 Å². The van der Waals surface area contributed by atoms with Crippen LogP contribution in [-0.2, 0) is 9.78 Å². The van der Waals surface area contributed by atoms with Gasteiger partial charge < -0.3 is 9.79 Å². The molecule has 3 nitrogen and oxygen atoms in total. The summed E-state index contributed by atoms with van der Waals surface area (Å²) < 4.78 is 0. The first kappa shape index (κ1) is 16.3. The molecular formula is C19H22ClNO2. The highest BCUT2D eigenvalue weighted by Crippen LogP contribution is 2.36. The summed E-state index contributed by atoms with van der Waals surface area (Å²) in [6.45, 7) is 7.17. The molecule has 1 aliphatic heterocycles. The smallest absolute Gasteiger partial charge is 0.168 e. The molecule has 1 aromatic carbocycles. The van der Waals surface area contributed by atoms with Crippen molar-refractivity contribution in [2.24, 2.45) is 0 Å². The van der Waals surface area contributed by atoms with Crippen molar-refractivity contribution in [1.82, 2.24) is 4.90 Å². The van der Waals surface area contributed by atoms with Crippen LogP contribution in [0.2, 0.25) is 5.02 Å². The van der Waals surface area contributed by atoms with Crippen molar-refractivity contribution in [2.75, 3.05) is 19.6 Å². The zero-order valence-electron chi connectivity index (χ0n) is 13.6. The predicted molar refractivity (Wildman–Crippen MR) is 94.0 cm³/mol. The molecule has 1 unspecified atom stereocenters. The van der Waals surface area contributed by atoms with Crippen LogP contribution in [0.5, 0.6) is 0 Å². The summed E-state index contributed by atoms with van der Waals surface area (Å²) in [6.07, 6.45) is 6.97. The summed E-state index contributed by atoms with van der Waals surface area (Å²) in [5, 5.41) is 0.781. The summed E-state index contributed by atoms with van der Waals surface area (Å²) in [7, 11) is 0. The van der Waals surface area contributed by atoms with E-state index in [1.807, 2.05) is 24.3 Å². The second-order valence-corrected chi connectivity index (χ2v) is 6.18. The van der Waals surface area contributed by atoms with Gasteiger partial charge in [0.1, 0.15) is 6.10 Å². The number of fused-ring (bicyclic) bond motifs is 1. The largest absolute Gasteiger partial charge is 0.337 e. The predicted octanol–water partition coefficient (Wildman–Crippen LogP) is 4.61. The van der Waals surface area contributed by atoms with Crippen LogP contribution < -0.4 is 0 Å². The number of halogens is 1. The number of hydrogen-bond acceptors (Lipinski definition) is 3. The molecule has 1 atom stereocenters. The third kappa shape index (κ3) is 3.69. The Kier molecular flexibility index (Phi) is 5.21. The zero-order chi connectivity index (χ0) is 16.2. The van der Waals surface area contributed by atoms with Gasteiger partial charge in [0.15, 0.2) is 5.76 Å². The normalized spacial score (nSPS) is 20.3. The van der Waals surface area contributed by atoms with Crippen molar-refractivity contribution >= 4 is 17.2 Å². The maximum Gasteiger partial charge on any atom is 0.168 e.